The van der Waals surface area contributed by atoms with E-state index in [-0.39, 0.29) is 0 Å². The Balaban J connectivity index is 1.65. The normalized spacial score (nSPS) is 10.3. The Bertz CT molecular complexity index is 975. The number of aromatic amines is 2. The van der Waals surface area contributed by atoms with Gasteiger partial charge in [-0.15, -0.1) is 0 Å². The summed E-state index contributed by atoms with van der Waals surface area (Å²) in [5.41, 5.74) is 4.65. The fourth-order valence-corrected chi connectivity index (χ4v) is 2.35. The molecule has 0 radical (unpaired) electrons. The van der Waals surface area contributed by atoms with Gasteiger partial charge in [-0.3, -0.25) is 10.2 Å². The van der Waals surface area contributed by atoms with Gasteiger partial charge in [0, 0.05) is 11.4 Å². The van der Waals surface area contributed by atoms with Crippen molar-refractivity contribution in [1.82, 2.24) is 20.4 Å². The number of carbonyl (C=O) groups excluding carboxylic acids is 2. The molecule has 0 bridgehead atoms. The van der Waals surface area contributed by atoms with Crippen molar-refractivity contribution in [1.29, 1.82) is 0 Å². The fraction of sp³-hybridized carbons (Fsp3) is 0.176. The molecule has 0 saturated heterocycles. The highest BCUT2D eigenvalue weighted by atomic mass is 16.2. The number of carbonyl (C=O) groups is 2. The summed E-state index contributed by atoms with van der Waals surface area (Å²) < 4.78 is 0. The molecule has 2 aromatic heterocycles. The van der Waals surface area contributed by atoms with Gasteiger partial charge >= 0.3 is 12.1 Å². The number of aromatic nitrogens is 4. The Kier molecular flexibility index (Phi) is 5.06. The molecule has 10 heteroatoms. The second-order valence-corrected chi connectivity index (χ2v) is 6.01. The van der Waals surface area contributed by atoms with Crippen molar-refractivity contribution in [3.63, 3.8) is 0 Å². The first-order valence-corrected chi connectivity index (χ1v) is 8.19. The van der Waals surface area contributed by atoms with Crippen molar-refractivity contribution in [2.24, 2.45) is 0 Å². The summed E-state index contributed by atoms with van der Waals surface area (Å²) >= 11 is 0. The SMILES string of the molecule is Cc1ccc(NC(=O)Nc2cn[nH]c2C)cc1NC(=O)Nc1cn[nH]c1C. The molecule has 1 aromatic carbocycles. The Morgan fingerprint density at radius 3 is 1.81 bits per heavy atom. The van der Waals surface area contributed by atoms with Crippen molar-refractivity contribution in [3.8, 4) is 0 Å². The van der Waals surface area contributed by atoms with Crippen LogP contribution in [-0.4, -0.2) is 32.5 Å². The van der Waals surface area contributed by atoms with Crippen LogP contribution >= 0.6 is 0 Å². The van der Waals surface area contributed by atoms with Crippen LogP contribution in [0.3, 0.4) is 0 Å². The van der Waals surface area contributed by atoms with Gasteiger partial charge < -0.3 is 21.3 Å². The van der Waals surface area contributed by atoms with E-state index in [0.717, 1.165) is 17.0 Å². The van der Waals surface area contributed by atoms with E-state index in [0.29, 0.717) is 22.7 Å². The number of hydrogen-bond donors (Lipinski definition) is 6. The maximum Gasteiger partial charge on any atom is 0.323 e. The highest BCUT2D eigenvalue weighted by molar-refractivity contribution is 6.02. The highest BCUT2D eigenvalue weighted by Gasteiger charge is 2.10. The molecule has 0 aliphatic carbocycles. The zero-order chi connectivity index (χ0) is 19.4. The third-order valence-electron chi connectivity index (χ3n) is 3.90. The Morgan fingerprint density at radius 2 is 1.30 bits per heavy atom. The highest BCUT2D eigenvalue weighted by Crippen LogP contribution is 2.21. The van der Waals surface area contributed by atoms with Crippen LogP contribution in [0, 0.1) is 20.8 Å². The van der Waals surface area contributed by atoms with Gasteiger partial charge in [-0.05, 0) is 38.5 Å². The zero-order valence-electron chi connectivity index (χ0n) is 15.1. The van der Waals surface area contributed by atoms with Crippen LogP contribution in [0.5, 0.6) is 0 Å². The third kappa shape index (κ3) is 4.42. The van der Waals surface area contributed by atoms with Gasteiger partial charge in [0.1, 0.15) is 0 Å². The van der Waals surface area contributed by atoms with Gasteiger partial charge in [-0.25, -0.2) is 9.59 Å². The standard InChI is InChI=1S/C17H20N8O2/c1-9-4-5-12(20-16(26)22-14-7-18-24-10(14)2)6-13(9)21-17(27)23-15-8-19-25-11(15)3/h4-8H,1-3H3,(H,18,24)(H,19,25)(H2,20,22,26)(H2,21,23,27). The van der Waals surface area contributed by atoms with Crippen molar-refractivity contribution >= 4 is 34.8 Å². The number of urea groups is 2. The van der Waals surface area contributed by atoms with E-state index >= 15 is 0 Å². The summed E-state index contributed by atoms with van der Waals surface area (Å²) in [6.45, 7) is 5.47. The molecule has 3 rings (SSSR count). The largest absolute Gasteiger partial charge is 0.323 e. The molecular weight excluding hydrogens is 348 g/mol. The monoisotopic (exact) mass is 368 g/mol. The van der Waals surface area contributed by atoms with E-state index in [9.17, 15) is 9.59 Å². The lowest BCUT2D eigenvalue weighted by Gasteiger charge is -2.12. The van der Waals surface area contributed by atoms with E-state index in [2.05, 4.69) is 41.7 Å². The molecule has 4 amide bonds. The van der Waals surface area contributed by atoms with E-state index in [1.807, 2.05) is 6.92 Å². The third-order valence-corrected chi connectivity index (χ3v) is 3.90. The molecule has 10 nitrogen and oxygen atoms in total. The lowest BCUT2D eigenvalue weighted by atomic mass is 10.2. The van der Waals surface area contributed by atoms with Crippen LogP contribution in [0.2, 0.25) is 0 Å². The summed E-state index contributed by atoms with van der Waals surface area (Å²) in [4.78, 5) is 24.3. The lowest BCUT2D eigenvalue weighted by molar-refractivity contribution is 0.261. The number of nitrogens with one attached hydrogen (secondary N) is 6. The van der Waals surface area contributed by atoms with Gasteiger partial charge in [0.25, 0.3) is 0 Å². The fourth-order valence-electron chi connectivity index (χ4n) is 2.35. The van der Waals surface area contributed by atoms with E-state index < -0.39 is 12.1 Å². The molecule has 0 aliphatic heterocycles. The van der Waals surface area contributed by atoms with Crippen LogP contribution in [-0.2, 0) is 0 Å². The van der Waals surface area contributed by atoms with Crippen molar-refractivity contribution < 1.29 is 9.59 Å². The molecule has 0 atom stereocenters. The van der Waals surface area contributed by atoms with E-state index in [1.165, 1.54) is 12.4 Å². The molecule has 27 heavy (non-hydrogen) atoms. The first-order chi connectivity index (χ1) is 12.9. The minimum absolute atomic E-state index is 0.404. The first-order valence-electron chi connectivity index (χ1n) is 8.19. The molecule has 0 unspecified atom stereocenters. The van der Waals surface area contributed by atoms with Gasteiger partial charge in [-0.1, -0.05) is 6.07 Å². The number of amides is 4. The van der Waals surface area contributed by atoms with Crippen molar-refractivity contribution in [3.05, 3.63) is 47.5 Å². The Hall–Kier alpha value is -3.82. The van der Waals surface area contributed by atoms with Crippen molar-refractivity contribution in [2.45, 2.75) is 20.8 Å². The molecule has 0 aliphatic rings. The molecule has 2 heterocycles. The molecule has 6 N–H and O–H groups in total. The number of nitrogens with zero attached hydrogens (tertiary/aromatic N) is 2. The second kappa shape index (κ2) is 7.60. The summed E-state index contributed by atoms with van der Waals surface area (Å²) in [6.07, 6.45) is 3.06. The number of benzene rings is 1. The number of rotatable bonds is 4. The average molecular weight is 368 g/mol. The summed E-state index contributed by atoms with van der Waals surface area (Å²) in [7, 11) is 0. The molecule has 3 aromatic rings. The predicted molar refractivity (Wildman–Crippen MR) is 103 cm³/mol. The Labute approximate surface area is 155 Å². The Morgan fingerprint density at radius 1 is 0.778 bits per heavy atom. The molecule has 0 saturated carbocycles. The molecule has 0 fully saturated rings. The molecule has 0 spiro atoms. The van der Waals surface area contributed by atoms with E-state index in [1.54, 1.807) is 32.0 Å². The minimum atomic E-state index is -0.409. The van der Waals surface area contributed by atoms with Crippen LogP contribution in [0.4, 0.5) is 32.3 Å². The number of aryl methyl sites for hydroxylation is 3. The van der Waals surface area contributed by atoms with Crippen LogP contribution in [0.15, 0.2) is 30.6 Å². The lowest BCUT2D eigenvalue weighted by Crippen LogP contribution is -2.21. The number of H-pyrrole nitrogens is 2. The van der Waals surface area contributed by atoms with Crippen LogP contribution < -0.4 is 21.3 Å². The summed E-state index contributed by atoms with van der Waals surface area (Å²) in [6, 6.07) is 4.42. The molecule has 140 valence electrons. The van der Waals surface area contributed by atoms with Gasteiger partial charge in [-0.2, -0.15) is 10.2 Å². The average Bonchev–Trinajstić information content (AvgIpc) is 3.19. The summed E-state index contributed by atoms with van der Waals surface area (Å²) in [5, 5.41) is 24.1. The van der Waals surface area contributed by atoms with Gasteiger partial charge in [0.2, 0.25) is 0 Å². The predicted octanol–water partition coefficient (Wildman–Crippen LogP) is 3.35. The maximum atomic E-state index is 12.2. The second-order valence-electron chi connectivity index (χ2n) is 6.01. The maximum absolute atomic E-state index is 12.2. The zero-order valence-corrected chi connectivity index (χ0v) is 15.1. The first kappa shape index (κ1) is 18.0. The van der Waals surface area contributed by atoms with Crippen LogP contribution in [0.1, 0.15) is 17.0 Å². The van der Waals surface area contributed by atoms with Crippen molar-refractivity contribution in [2.75, 3.05) is 21.3 Å². The van der Waals surface area contributed by atoms with Crippen LogP contribution in [0.25, 0.3) is 0 Å². The quantitative estimate of drug-likeness (QED) is 0.420. The number of anilines is 4. The molecular formula is C17H20N8O2. The minimum Gasteiger partial charge on any atom is -0.308 e. The smallest absolute Gasteiger partial charge is 0.308 e. The van der Waals surface area contributed by atoms with Gasteiger partial charge in [0.05, 0.1) is 35.2 Å². The topological polar surface area (TPSA) is 140 Å². The summed E-state index contributed by atoms with van der Waals surface area (Å²) in [5.74, 6) is 0. The van der Waals surface area contributed by atoms with E-state index in [4.69, 9.17) is 0 Å². The number of hydrogen-bond acceptors (Lipinski definition) is 4. The van der Waals surface area contributed by atoms with Gasteiger partial charge in [0.15, 0.2) is 0 Å².